The minimum atomic E-state index is -0.416. The molecule has 2 saturated heterocycles. The Labute approximate surface area is 141 Å². The maximum Gasteiger partial charge on any atom is 0.410 e. The molecule has 0 aromatic rings. The van der Waals surface area contributed by atoms with Gasteiger partial charge < -0.3 is 15.0 Å². The van der Waals surface area contributed by atoms with Crippen LogP contribution in [0.5, 0.6) is 0 Å². The van der Waals surface area contributed by atoms with E-state index in [1.165, 1.54) is 19.3 Å². The number of piperazine rings is 1. The number of rotatable bonds is 3. The summed E-state index contributed by atoms with van der Waals surface area (Å²) in [5, 5.41) is 3.60. The fourth-order valence-corrected chi connectivity index (χ4v) is 3.97. The number of nitrogens with zero attached hydrogens (tertiary/aromatic N) is 2. The predicted molar refractivity (Wildman–Crippen MR) is 93.7 cm³/mol. The van der Waals surface area contributed by atoms with E-state index in [-0.39, 0.29) is 11.6 Å². The Morgan fingerprint density at radius 2 is 1.87 bits per heavy atom. The van der Waals surface area contributed by atoms with Gasteiger partial charge in [-0.05, 0) is 52.5 Å². The molecule has 0 aromatic heterocycles. The smallest absolute Gasteiger partial charge is 0.410 e. The van der Waals surface area contributed by atoms with Gasteiger partial charge in [0.05, 0.1) is 0 Å². The van der Waals surface area contributed by atoms with E-state index in [0.29, 0.717) is 5.92 Å². The topological polar surface area (TPSA) is 44.8 Å². The van der Waals surface area contributed by atoms with Crippen LogP contribution in [0.25, 0.3) is 0 Å². The summed E-state index contributed by atoms with van der Waals surface area (Å²) in [6.45, 7) is 16.1. The summed E-state index contributed by atoms with van der Waals surface area (Å²) in [6, 6.07) is 0. The molecule has 1 amide bonds. The number of amides is 1. The van der Waals surface area contributed by atoms with Gasteiger partial charge in [0.15, 0.2) is 0 Å². The third-order valence-electron chi connectivity index (χ3n) is 4.84. The van der Waals surface area contributed by atoms with Crippen molar-refractivity contribution in [2.45, 2.75) is 65.0 Å². The van der Waals surface area contributed by atoms with Crippen LogP contribution in [0, 0.1) is 5.92 Å². The third-order valence-corrected chi connectivity index (χ3v) is 4.84. The highest BCUT2D eigenvalue weighted by Gasteiger charge is 2.40. The summed E-state index contributed by atoms with van der Waals surface area (Å²) in [6.07, 6.45) is 3.58. The maximum atomic E-state index is 12.2. The van der Waals surface area contributed by atoms with Gasteiger partial charge in [0.2, 0.25) is 0 Å². The van der Waals surface area contributed by atoms with Gasteiger partial charge in [0, 0.05) is 38.3 Å². The van der Waals surface area contributed by atoms with Gasteiger partial charge in [-0.3, -0.25) is 4.90 Å². The van der Waals surface area contributed by atoms with Crippen LogP contribution < -0.4 is 5.32 Å². The summed E-state index contributed by atoms with van der Waals surface area (Å²) in [4.78, 5) is 16.7. The molecule has 5 heteroatoms. The number of ether oxygens (including phenoxy) is 1. The van der Waals surface area contributed by atoms with E-state index in [1.807, 2.05) is 25.7 Å². The zero-order valence-electron chi connectivity index (χ0n) is 15.7. The lowest BCUT2D eigenvalue weighted by Gasteiger charge is -2.50. The van der Waals surface area contributed by atoms with Crippen molar-refractivity contribution in [3.63, 3.8) is 0 Å². The molecule has 134 valence electrons. The lowest BCUT2D eigenvalue weighted by atomic mass is 9.80. The molecule has 0 aliphatic carbocycles. The predicted octanol–water partition coefficient (Wildman–Crippen LogP) is 2.71. The van der Waals surface area contributed by atoms with Crippen molar-refractivity contribution < 1.29 is 9.53 Å². The molecule has 0 aromatic carbocycles. The highest BCUT2D eigenvalue weighted by Crippen LogP contribution is 2.32. The monoisotopic (exact) mass is 325 g/mol. The minimum absolute atomic E-state index is 0.170. The van der Waals surface area contributed by atoms with Crippen LogP contribution >= 0.6 is 0 Å². The Bertz CT molecular complexity index is 390. The molecule has 0 spiro atoms. The van der Waals surface area contributed by atoms with Crippen molar-refractivity contribution in [3.8, 4) is 0 Å². The van der Waals surface area contributed by atoms with Crippen LogP contribution in [0.15, 0.2) is 0 Å². The fraction of sp³-hybridized carbons (Fsp3) is 0.944. The molecule has 0 saturated carbocycles. The van der Waals surface area contributed by atoms with Crippen LogP contribution in [-0.4, -0.2) is 66.3 Å². The van der Waals surface area contributed by atoms with Gasteiger partial charge in [0.1, 0.15) is 5.60 Å². The normalized spacial score (nSPS) is 27.3. The molecule has 1 unspecified atom stereocenters. The highest BCUT2D eigenvalue weighted by atomic mass is 16.6. The third kappa shape index (κ3) is 5.08. The SMILES string of the molecule is CC(C)CC1(N2CCN(C(=O)OC(C)(C)C)CC2)CCCNC1. The molecular formula is C18H35N3O2. The Morgan fingerprint density at radius 1 is 1.22 bits per heavy atom. The van der Waals surface area contributed by atoms with E-state index < -0.39 is 5.60 Å². The standard InChI is InChI=1S/C18H35N3O2/c1-15(2)13-18(7-6-8-19-14-18)21-11-9-20(10-12-21)16(22)23-17(3,4)5/h15,19H,6-14H2,1-5H3. The summed E-state index contributed by atoms with van der Waals surface area (Å²) in [7, 11) is 0. The van der Waals surface area contributed by atoms with Crippen molar-refractivity contribution in [1.29, 1.82) is 0 Å². The van der Waals surface area contributed by atoms with Gasteiger partial charge in [-0.25, -0.2) is 4.79 Å². The van der Waals surface area contributed by atoms with Gasteiger partial charge in [0.25, 0.3) is 0 Å². The number of piperidine rings is 1. The first-order chi connectivity index (χ1) is 10.7. The van der Waals surface area contributed by atoms with Crippen molar-refractivity contribution >= 4 is 6.09 Å². The molecular weight excluding hydrogens is 290 g/mol. The van der Waals surface area contributed by atoms with E-state index >= 15 is 0 Å². The van der Waals surface area contributed by atoms with Crippen LogP contribution in [0.3, 0.4) is 0 Å². The average molecular weight is 325 g/mol. The van der Waals surface area contributed by atoms with Crippen molar-refractivity contribution in [3.05, 3.63) is 0 Å². The second kappa shape index (κ2) is 7.39. The van der Waals surface area contributed by atoms with Gasteiger partial charge >= 0.3 is 6.09 Å². The molecule has 0 bridgehead atoms. The molecule has 5 nitrogen and oxygen atoms in total. The lowest BCUT2D eigenvalue weighted by Crippen LogP contribution is -2.63. The Kier molecular flexibility index (Phi) is 5.95. The first-order valence-electron chi connectivity index (χ1n) is 9.16. The molecule has 0 radical (unpaired) electrons. The number of nitrogens with one attached hydrogen (secondary N) is 1. The fourth-order valence-electron chi connectivity index (χ4n) is 3.97. The van der Waals surface area contributed by atoms with E-state index in [2.05, 4.69) is 24.1 Å². The maximum absolute atomic E-state index is 12.2. The van der Waals surface area contributed by atoms with Crippen LogP contribution in [0.1, 0.15) is 53.9 Å². The minimum Gasteiger partial charge on any atom is -0.444 e. The Hall–Kier alpha value is -0.810. The van der Waals surface area contributed by atoms with E-state index in [0.717, 1.165) is 39.3 Å². The summed E-state index contributed by atoms with van der Waals surface area (Å²) >= 11 is 0. The molecule has 1 atom stereocenters. The lowest BCUT2D eigenvalue weighted by molar-refractivity contribution is -0.0159. The Balaban J connectivity index is 1.94. The van der Waals surface area contributed by atoms with Gasteiger partial charge in [-0.2, -0.15) is 0 Å². The Morgan fingerprint density at radius 3 is 2.35 bits per heavy atom. The molecule has 2 aliphatic heterocycles. The van der Waals surface area contributed by atoms with E-state index in [1.54, 1.807) is 0 Å². The van der Waals surface area contributed by atoms with Crippen LogP contribution in [0.4, 0.5) is 4.79 Å². The zero-order chi connectivity index (χ0) is 17.1. The van der Waals surface area contributed by atoms with E-state index in [4.69, 9.17) is 4.74 Å². The van der Waals surface area contributed by atoms with Crippen LogP contribution in [-0.2, 0) is 4.74 Å². The molecule has 23 heavy (non-hydrogen) atoms. The molecule has 1 N–H and O–H groups in total. The zero-order valence-corrected chi connectivity index (χ0v) is 15.7. The highest BCUT2D eigenvalue weighted by molar-refractivity contribution is 5.68. The number of carbonyl (C=O) groups excluding carboxylic acids is 1. The van der Waals surface area contributed by atoms with Crippen molar-refractivity contribution in [1.82, 2.24) is 15.1 Å². The van der Waals surface area contributed by atoms with Crippen molar-refractivity contribution in [2.75, 3.05) is 39.3 Å². The van der Waals surface area contributed by atoms with Crippen LogP contribution in [0.2, 0.25) is 0 Å². The average Bonchev–Trinajstić information content (AvgIpc) is 2.46. The van der Waals surface area contributed by atoms with Gasteiger partial charge in [-0.1, -0.05) is 13.8 Å². The summed E-state index contributed by atoms with van der Waals surface area (Å²) < 4.78 is 5.50. The molecule has 2 rings (SSSR count). The summed E-state index contributed by atoms with van der Waals surface area (Å²) in [5.74, 6) is 0.693. The number of carbonyl (C=O) groups is 1. The van der Waals surface area contributed by atoms with Crippen molar-refractivity contribution in [2.24, 2.45) is 5.92 Å². The first-order valence-corrected chi connectivity index (χ1v) is 9.16. The molecule has 2 aliphatic rings. The largest absolute Gasteiger partial charge is 0.444 e. The quantitative estimate of drug-likeness (QED) is 0.866. The number of hydrogen-bond acceptors (Lipinski definition) is 4. The van der Waals surface area contributed by atoms with Gasteiger partial charge in [-0.15, -0.1) is 0 Å². The second-order valence-corrected chi connectivity index (χ2v) is 8.56. The first kappa shape index (κ1) is 18.5. The molecule has 2 fully saturated rings. The molecule has 2 heterocycles. The number of hydrogen-bond donors (Lipinski definition) is 1. The van der Waals surface area contributed by atoms with E-state index in [9.17, 15) is 4.79 Å². The summed E-state index contributed by atoms with van der Waals surface area (Å²) in [5.41, 5.74) is -0.146. The second-order valence-electron chi connectivity index (χ2n) is 8.56.